The Morgan fingerprint density at radius 3 is 2.50 bits per heavy atom. The molecular formula is C5H6BrNO. The summed E-state index contributed by atoms with van der Waals surface area (Å²) in [6.45, 7) is 1.88. The molecule has 0 bridgehead atoms. The molecule has 3 heteroatoms. The van der Waals surface area contributed by atoms with Crippen LogP contribution in [0.4, 0.5) is 0 Å². The molecule has 1 aromatic rings. The Kier molecular flexibility index (Phi) is 1.29. The van der Waals surface area contributed by atoms with E-state index in [-0.39, 0.29) is 5.75 Å². The lowest BCUT2D eigenvalue weighted by Crippen LogP contribution is -1.63. The van der Waals surface area contributed by atoms with E-state index in [1.54, 1.807) is 6.07 Å². The van der Waals surface area contributed by atoms with Gasteiger partial charge >= 0.3 is 0 Å². The number of hydrogen-bond donors (Lipinski definition) is 2. The zero-order chi connectivity index (χ0) is 6.15. The molecule has 0 aliphatic rings. The Morgan fingerprint density at radius 1 is 1.75 bits per heavy atom. The van der Waals surface area contributed by atoms with E-state index in [4.69, 9.17) is 5.11 Å². The van der Waals surface area contributed by atoms with Crippen LogP contribution in [0.25, 0.3) is 0 Å². The fourth-order valence-corrected chi connectivity index (χ4v) is 0.969. The Balaban J connectivity index is 3.14. The fraction of sp³-hybridized carbons (Fsp3) is 0.200. The second-order valence-corrected chi connectivity index (χ2v) is 2.44. The van der Waals surface area contributed by atoms with Crippen LogP contribution in [0.5, 0.6) is 5.75 Å². The molecule has 8 heavy (non-hydrogen) atoms. The molecule has 0 fully saturated rings. The Hall–Kier alpha value is -0.440. The van der Waals surface area contributed by atoms with Crippen molar-refractivity contribution in [1.82, 2.24) is 4.98 Å². The van der Waals surface area contributed by atoms with Gasteiger partial charge in [0, 0.05) is 11.8 Å². The third kappa shape index (κ3) is 0.865. The second kappa shape index (κ2) is 1.82. The minimum absolute atomic E-state index is 0.266. The molecule has 1 rings (SSSR count). The Labute approximate surface area is 55.7 Å². The molecule has 0 aromatic carbocycles. The van der Waals surface area contributed by atoms with E-state index in [9.17, 15) is 0 Å². The van der Waals surface area contributed by atoms with Crippen molar-refractivity contribution in [2.24, 2.45) is 0 Å². The highest BCUT2D eigenvalue weighted by Crippen LogP contribution is 2.22. The zero-order valence-electron chi connectivity index (χ0n) is 4.40. The topological polar surface area (TPSA) is 36.0 Å². The Morgan fingerprint density at radius 2 is 2.38 bits per heavy atom. The molecule has 0 saturated carbocycles. The summed E-state index contributed by atoms with van der Waals surface area (Å²) in [6.07, 6.45) is 0. The van der Waals surface area contributed by atoms with E-state index in [0.717, 1.165) is 5.69 Å². The normalized spacial score (nSPS) is 9.75. The van der Waals surface area contributed by atoms with Gasteiger partial charge in [-0.3, -0.25) is 0 Å². The summed E-state index contributed by atoms with van der Waals surface area (Å²) in [4.78, 5) is 2.87. The summed E-state index contributed by atoms with van der Waals surface area (Å²) in [5.74, 6) is 0.266. The molecule has 0 amide bonds. The summed E-state index contributed by atoms with van der Waals surface area (Å²) >= 11 is 3.11. The van der Waals surface area contributed by atoms with Crippen LogP contribution in [0.15, 0.2) is 10.7 Å². The number of halogens is 1. The summed E-state index contributed by atoms with van der Waals surface area (Å²) in [6, 6.07) is 1.66. The van der Waals surface area contributed by atoms with Crippen LogP contribution in [0.3, 0.4) is 0 Å². The average Bonchev–Trinajstić information content (AvgIpc) is 1.85. The lowest BCUT2D eigenvalue weighted by molar-refractivity contribution is 0.472. The van der Waals surface area contributed by atoms with Crippen molar-refractivity contribution in [3.05, 3.63) is 16.4 Å². The number of aryl methyl sites for hydroxylation is 1. The van der Waals surface area contributed by atoms with E-state index >= 15 is 0 Å². The minimum Gasteiger partial charge on any atom is -0.505 e. The van der Waals surface area contributed by atoms with Gasteiger partial charge in [0.05, 0.1) is 0 Å². The van der Waals surface area contributed by atoms with Crippen molar-refractivity contribution in [3.63, 3.8) is 0 Å². The van der Waals surface area contributed by atoms with E-state index < -0.39 is 0 Å². The van der Waals surface area contributed by atoms with Crippen molar-refractivity contribution in [2.75, 3.05) is 0 Å². The van der Waals surface area contributed by atoms with Crippen molar-refractivity contribution in [1.29, 1.82) is 0 Å². The summed E-state index contributed by atoms with van der Waals surface area (Å²) < 4.78 is 0.648. The standard InChI is InChI=1S/C5H6BrNO/c1-3-2-4(8)5(6)7-3/h2,7-8H,1H3. The van der Waals surface area contributed by atoms with Gasteiger partial charge in [0.2, 0.25) is 0 Å². The molecular weight excluding hydrogens is 170 g/mol. The quantitative estimate of drug-likeness (QED) is 0.620. The third-order valence-electron chi connectivity index (χ3n) is 0.885. The molecule has 0 aliphatic carbocycles. The number of rotatable bonds is 0. The summed E-state index contributed by atoms with van der Waals surface area (Å²) in [5.41, 5.74) is 0.953. The predicted molar refractivity (Wildman–Crippen MR) is 34.9 cm³/mol. The predicted octanol–water partition coefficient (Wildman–Crippen LogP) is 1.79. The van der Waals surface area contributed by atoms with E-state index in [1.165, 1.54) is 0 Å². The van der Waals surface area contributed by atoms with Crippen molar-refractivity contribution in [2.45, 2.75) is 6.92 Å². The fourth-order valence-electron chi connectivity index (χ4n) is 0.542. The van der Waals surface area contributed by atoms with Gasteiger partial charge in [-0.25, -0.2) is 0 Å². The average molecular weight is 176 g/mol. The van der Waals surface area contributed by atoms with E-state index in [1.807, 2.05) is 6.92 Å². The van der Waals surface area contributed by atoms with Crippen molar-refractivity contribution >= 4 is 15.9 Å². The van der Waals surface area contributed by atoms with Crippen LogP contribution in [-0.2, 0) is 0 Å². The summed E-state index contributed by atoms with van der Waals surface area (Å²) in [5, 5.41) is 8.86. The third-order valence-corrected chi connectivity index (χ3v) is 1.49. The zero-order valence-corrected chi connectivity index (χ0v) is 5.99. The smallest absolute Gasteiger partial charge is 0.147 e. The highest BCUT2D eigenvalue weighted by atomic mass is 79.9. The van der Waals surface area contributed by atoms with Crippen LogP contribution >= 0.6 is 15.9 Å². The molecule has 1 aromatic heterocycles. The molecule has 2 nitrogen and oxygen atoms in total. The van der Waals surface area contributed by atoms with Crippen molar-refractivity contribution in [3.8, 4) is 5.75 Å². The van der Waals surface area contributed by atoms with E-state index in [2.05, 4.69) is 20.9 Å². The first-order chi connectivity index (χ1) is 3.70. The minimum atomic E-state index is 0.266. The lowest BCUT2D eigenvalue weighted by atomic mass is 10.5. The van der Waals surface area contributed by atoms with Gasteiger partial charge in [0.25, 0.3) is 0 Å². The van der Waals surface area contributed by atoms with Crippen LogP contribution < -0.4 is 0 Å². The van der Waals surface area contributed by atoms with Crippen molar-refractivity contribution < 1.29 is 5.11 Å². The van der Waals surface area contributed by atoms with Gasteiger partial charge in [-0.1, -0.05) is 0 Å². The lowest BCUT2D eigenvalue weighted by Gasteiger charge is -1.79. The molecule has 0 unspecified atom stereocenters. The largest absolute Gasteiger partial charge is 0.505 e. The van der Waals surface area contributed by atoms with Gasteiger partial charge in [-0.2, -0.15) is 0 Å². The number of H-pyrrole nitrogens is 1. The van der Waals surface area contributed by atoms with Gasteiger partial charge < -0.3 is 10.1 Å². The molecule has 0 spiro atoms. The van der Waals surface area contributed by atoms with E-state index in [0.29, 0.717) is 4.60 Å². The maximum absolute atomic E-state index is 8.86. The number of aromatic nitrogens is 1. The van der Waals surface area contributed by atoms with Crippen LogP contribution in [0, 0.1) is 6.92 Å². The number of aromatic hydroxyl groups is 1. The summed E-state index contributed by atoms with van der Waals surface area (Å²) in [7, 11) is 0. The monoisotopic (exact) mass is 175 g/mol. The van der Waals surface area contributed by atoms with Gasteiger partial charge in [0.1, 0.15) is 10.4 Å². The molecule has 0 aliphatic heterocycles. The number of aromatic amines is 1. The number of nitrogens with one attached hydrogen (secondary N) is 1. The molecule has 44 valence electrons. The van der Waals surface area contributed by atoms with Gasteiger partial charge in [-0.05, 0) is 22.9 Å². The van der Waals surface area contributed by atoms with Crippen LogP contribution in [0.2, 0.25) is 0 Å². The van der Waals surface area contributed by atoms with Crippen LogP contribution in [-0.4, -0.2) is 10.1 Å². The highest BCUT2D eigenvalue weighted by molar-refractivity contribution is 9.10. The first kappa shape index (κ1) is 5.69. The van der Waals surface area contributed by atoms with Gasteiger partial charge in [-0.15, -0.1) is 0 Å². The SMILES string of the molecule is Cc1cc(O)c(Br)[nH]1. The van der Waals surface area contributed by atoms with Gasteiger partial charge in [0.15, 0.2) is 0 Å². The first-order valence-electron chi connectivity index (χ1n) is 2.24. The molecule has 1 heterocycles. The maximum Gasteiger partial charge on any atom is 0.147 e. The highest BCUT2D eigenvalue weighted by Gasteiger charge is 1.97. The molecule has 0 atom stereocenters. The Bertz CT molecular complexity index is 175. The first-order valence-corrected chi connectivity index (χ1v) is 3.03. The second-order valence-electron chi connectivity index (χ2n) is 1.65. The molecule has 0 radical (unpaired) electrons. The van der Waals surface area contributed by atoms with Crippen LogP contribution in [0.1, 0.15) is 5.69 Å². The maximum atomic E-state index is 8.86. The molecule has 2 N–H and O–H groups in total. The molecule has 0 saturated heterocycles. The number of hydrogen-bond acceptors (Lipinski definition) is 1.